The molecule has 2 N–H and O–H groups in total. The van der Waals surface area contributed by atoms with Gasteiger partial charge in [0.1, 0.15) is 11.5 Å². The Labute approximate surface area is 155 Å². The molecule has 2 aromatic rings. The number of benzene rings is 2. The molecule has 0 bridgehead atoms. The summed E-state index contributed by atoms with van der Waals surface area (Å²) in [7, 11) is 0. The molecule has 0 fully saturated rings. The first-order valence-electron chi connectivity index (χ1n) is 8.04. The van der Waals surface area contributed by atoms with Crippen LogP contribution in [0.4, 0.5) is 5.69 Å². The van der Waals surface area contributed by atoms with E-state index < -0.39 is 22.8 Å². The Bertz CT molecular complexity index is 805. The van der Waals surface area contributed by atoms with Crippen molar-refractivity contribution in [3.05, 3.63) is 64.2 Å². The standard InChI is InChI=1S/C18H19N3O6/c1-12-3-7-15(8-4-12)26-11-17(22)19-20-18(23)13(2)27-16-9-5-14(6-10-16)21(24)25/h3-10,13H,11H2,1-2H3,(H,19,22)(H,20,23). The van der Waals surface area contributed by atoms with Crippen molar-refractivity contribution in [2.45, 2.75) is 20.0 Å². The molecule has 0 heterocycles. The van der Waals surface area contributed by atoms with Crippen molar-refractivity contribution in [2.75, 3.05) is 6.61 Å². The van der Waals surface area contributed by atoms with E-state index in [2.05, 4.69) is 10.9 Å². The van der Waals surface area contributed by atoms with Gasteiger partial charge in [0.2, 0.25) is 0 Å². The number of rotatable bonds is 7. The molecule has 0 aromatic heterocycles. The fraction of sp³-hybridized carbons (Fsp3) is 0.222. The van der Waals surface area contributed by atoms with Gasteiger partial charge < -0.3 is 9.47 Å². The number of amides is 2. The van der Waals surface area contributed by atoms with Crippen molar-refractivity contribution in [3.63, 3.8) is 0 Å². The third-order valence-corrected chi connectivity index (χ3v) is 3.45. The van der Waals surface area contributed by atoms with Gasteiger partial charge in [-0.15, -0.1) is 0 Å². The number of ether oxygens (including phenoxy) is 2. The fourth-order valence-electron chi connectivity index (χ4n) is 1.96. The summed E-state index contributed by atoms with van der Waals surface area (Å²) in [6.07, 6.45) is -0.926. The number of nitro groups is 1. The Hall–Kier alpha value is -3.62. The predicted molar refractivity (Wildman–Crippen MR) is 96.1 cm³/mol. The molecule has 2 aromatic carbocycles. The number of carbonyl (C=O) groups is 2. The number of carbonyl (C=O) groups excluding carboxylic acids is 2. The van der Waals surface area contributed by atoms with Crippen LogP contribution in [-0.4, -0.2) is 29.4 Å². The molecule has 27 heavy (non-hydrogen) atoms. The van der Waals surface area contributed by atoms with E-state index in [0.717, 1.165) is 5.56 Å². The van der Waals surface area contributed by atoms with Crippen LogP contribution in [0, 0.1) is 17.0 Å². The second kappa shape index (κ2) is 9.18. The Morgan fingerprint density at radius 2 is 1.63 bits per heavy atom. The van der Waals surface area contributed by atoms with E-state index in [1.165, 1.54) is 31.2 Å². The Morgan fingerprint density at radius 3 is 2.22 bits per heavy atom. The minimum atomic E-state index is -0.926. The first kappa shape index (κ1) is 19.7. The summed E-state index contributed by atoms with van der Waals surface area (Å²) < 4.78 is 10.7. The molecule has 1 unspecified atom stereocenters. The summed E-state index contributed by atoms with van der Waals surface area (Å²) in [4.78, 5) is 33.7. The van der Waals surface area contributed by atoms with Gasteiger partial charge in [-0.05, 0) is 38.1 Å². The third-order valence-electron chi connectivity index (χ3n) is 3.45. The zero-order valence-electron chi connectivity index (χ0n) is 14.8. The monoisotopic (exact) mass is 373 g/mol. The molecule has 9 nitrogen and oxygen atoms in total. The zero-order valence-corrected chi connectivity index (χ0v) is 14.8. The predicted octanol–water partition coefficient (Wildman–Crippen LogP) is 1.90. The molecule has 142 valence electrons. The van der Waals surface area contributed by atoms with Crippen molar-refractivity contribution < 1.29 is 24.0 Å². The fourth-order valence-corrected chi connectivity index (χ4v) is 1.96. The van der Waals surface area contributed by atoms with Gasteiger partial charge in [0.25, 0.3) is 17.5 Å². The van der Waals surface area contributed by atoms with Crippen LogP contribution in [-0.2, 0) is 9.59 Å². The lowest BCUT2D eigenvalue weighted by molar-refractivity contribution is -0.384. The average molecular weight is 373 g/mol. The normalized spacial score (nSPS) is 11.2. The molecule has 2 amide bonds. The highest BCUT2D eigenvalue weighted by Gasteiger charge is 2.16. The molecule has 0 aliphatic carbocycles. The third kappa shape index (κ3) is 6.31. The molecule has 0 radical (unpaired) electrons. The van der Waals surface area contributed by atoms with Crippen LogP contribution in [0.15, 0.2) is 48.5 Å². The smallest absolute Gasteiger partial charge is 0.279 e. The maximum Gasteiger partial charge on any atom is 0.279 e. The van der Waals surface area contributed by atoms with Gasteiger partial charge >= 0.3 is 0 Å². The van der Waals surface area contributed by atoms with Crippen LogP contribution in [0.5, 0.6) is 11.5 Å². The van der Waals surface area contributed by atoms with Crippen LogP contribution >= 0.6 is 0 Å². The number of hydrogen-bond donors (Lipinski definition) is 2. The number of non-ortho nitro benzene ring substituents is 1. The summed E-state index contributed by atoms with van der Waals surface area (Å²) in [5.74, 6) is -0.294. The number of nitro benzene ring substituents is 1. The van der Waals surface area contributed by atoms with Gasteiger partial charge in [-0.25, -0.2) is 0 Å². The van der Waals surface area contributed by atoms with Gasteiger partial charge in [0.05, 0.1) is 4.92 Å². The summed E-state index contributed by atoms with van der Waals surface area (Å²) in [6, 6.07) is 12.5. The highest BCUT2D eigenvalue weighted by molar-refractivity contribution is 5.85. The summed E-state index contributed by atoms with van der Waals surface area (Å²) >= 11 is 0. The largest absolute Gasteiger partial charge is 0.484 e. The number of aryl methyl sites for hydroxylation is 1. The lowest BCUT2D eigenvalue weighted by Crippen LogP contribution is -2.48. The number of hydrazine groups is 1. The second-order valence-corrected chi connectivity index (χ2v) is 5.65. The second-order valence-electron chi connectivity index (χ2n) is 5.65. The molecule has 0 aliphatic heterocycles. The lowest BCUT2D eigenvalue weighted by atomic mass is 10.2. The quantitative estimate of drug-likeness (QED) is 0.565. The number of hydrogen-bond acceptors (Lipinski definition) is 6. The maximum absolute atomic E-state index is 11.9. The van der Waals surface area contributed by atoms with E-state index >= 15 is 0 Å². The van der Waals surface area contributed by atoms with Gasteiger partial charge in [0.15, 0.2) is 12.7 Å². The van der Waals surface area contributed by atoms with E-state index in [9.17, 15) is 19.7 Å². The van der Waals surface area contributed by atoms with E-state index in [1.807, 2.05) is 19.1 Å². The topological polar surface area (TPSA) is 120 Å². The van der Waals surface area contributed by atoms with Crippen LogP contribution in [0.3, 0.4) is 0 Å². The van der Waals surface area contributed by atoms with E-state index in [4.69, 9.17) is 9.47 Å². The van der Waals surface area contributed by atoms with Crippen molar-refractivity contribution in [3.8, 4) is 11.5 Å². The van der Waals surface area contributed by atoms with Gasteiger partial charge in [-0.3, -0.25) is 30.6 Å². The van der Waals surface area contributed by atoms with E-state index in [-0.39, 0.29) is 18.0 Å². The molecule has 0 saturated carbocycles. The van der Waals surface area contributed by atoms with Crippen LogP contribution in [0.1, 0.15) is 12.5 Å². The van der Waals surface area contributed by atoms with Crippen molar-refractivity contribution >= 4 is 17.5 Å². The molecule has 2 rings (SSSR count). The van der Waals surface area contributed by atoms with Crippen molar-refractivity contribution in [2.24, 2.45) is 0 Å². The van der Waals surface area contributed by atoms with E-state index in [0.29, 0.717) is 5.75 Å². The van der Waals surface area contributed by atoms with Crippen LogP contribution < -0.4 is 20.3 Å². The molecule has 0 spiro atoms. The summed E-state index contributed by atoms with van der Waals surface area (Å²) in [5, 5.41) is 10.6. The van der Waals surface area contributed by atoms with Crippen molar-refractivity contribution in [1.29, 1.82) is 0 Å². The summed E-state index contributed by atoms with van der Waals surface area (Å²) in [6.45, 7) is 3.15. The molecule has 0 saturated heterocycles. The minimum absolute atomic E-state index is 0.0831. The molecule has 0 aliphatic rings. The highest BCUT2D eigenvalue weighted by Crippen LogP contribution is 2.18. The SMILES string of the molecule is Cc1ccc(OCC(=O)NNC(=O)C(C)Oc2ccc([N+](=O)[O-])cc2)cc1. The average Bonchev–Trinajstić information content (AvgIpc) is 2.66. The lowest BCUT2D eigenvalue weighted by Gasteiger charge is -2.15. The maximum atomic E-state index is 11.9. The first-order chi connectivity index (χ1) is 12.8. The van der Waals surface area contributed by atoms with Crippen LogP contribution in [0.2, 0.25) is 0 Å². The number of nitrogens with zero attached hydrogens (tertiary/aromatic N) is 1. The molecule has 1 atom stereocenters. The van der Waals surface area contributed by atoms with Gasteiger partial charge in [0, 0.05) is 12.1 Å². The Kier molecular flexibility index (Phi) is 6.70. The Balaban J connectivity index is 1.74. The molecular formula is C18H19N3O6. The highest BCUT2D eigenvalue weighted by atomic mass is 16.6. The number of nitrogens with one attached hydrogen (secondary N) is 2. The Morgan fingerprint density at radius 1 is 1.04 bits per heavy atom. The van der Waals surface area contributed by atoms with Gasteiger partial charge in [-0.2, -0.15) is 0 Å². The summed E-state index contributed by atoms with van der Waals surface area (Å²) in [5.41, 5.74) is 5.44. The first-order valence-corrected chi connectivity index (χ1v) is 8.04. The van der Waals surface area contributed by atoms with E-state index in [1.54, 1.807) is 12.1 Å². The molecule has 9 heteroatoms. The van der Waals surface area contributed by atoms with Crippen LogP contribution in [0.25, 0.3) is 0 Å². The minimum Gasteiger partial charge on any atom is -0.484 e. The zero-order chi connectivity index (χ0) is 19.8. The van der Waals surface area contributed by atoms with Gasteiger partial charge in [-0.1, -0.05) is 17.7 Å². The van der Waals surface area contributed by atoms with Crippen molar-refractivity contribution in [1.82, 2.24) is 10.9 Å². The molecular weight excluding hydrogens is 354 g/mol.